The van der Waals surface area contributed by atoms with Gasteiger partial charge in [0, 0.05) is 22.4 Å². The van der Waals surface area contributed by atoms with E-state index in [0.29, 0.717) is 0 Å². The fourth-order valence-corrected chi connectivity index (χ4v) is 15.0. The molecule has 0 unspecified atom stereocenters. The van der Waals surface area contributed by atoms with Crippen LogP contribution in [0.25, 0.3) is 66.8 Å². The number of hydrogen-bond acceptors (Lipinski definition) is 1. The van der Waals surface area contributed by atoms with E-state index in [-0.39, 0.29) is 5.41 Å². The summed E-state index contributed by atoms with van der Waals surface area (Å²) < 4.78 is 0. The quantitative estimate of drug-likeness (QED) is 0.154. The van der Waals surface area contributed by atoms with Crippen molar-refractivity contribution < 1.29 is 0 Å². The summed E-state index contributed by atoms with van der Waals surface area (Å²) in [7, 11) is 0. The van der Waals surface area contributed by atoms with Crippen LogP contribution in [0.15, 0.2) is 285 Å². The average Bonchev–Trinajstić information content (AvgIpc) is 3.62. The predicted octanol–water partition coefficient (Wildman–Crippen LogP) is 19.5. The van der Waals surface area contributed by atoms with Gasteiger partial charge in [-0.2, -0.15) is 0 Å². The standard InChI is InChI=1S/C77H53N/c1-75(2)64-36-17-12-30-58(64)61-45-44-55(49-71(61)75)78(72-43-23-42-70-74(72)63-34-16-20-39-67(63)76(70,53-26-8-4-9-27-53)54-28-10-5-11-29-54)56-47-51(50-24-6-3-7-25-50)46-52(48-56)57-35-22-41-69-73(57)62-33-15-21-40-68(62)77(69)65-37-18-13-31-59(65)60-32-14-19-38-66(60)77/h3-49H,1-2H3. The minimum absolute atomic E-state index is 0.211. The van der Waals surface area contributed by atoms with Gasteiger partial charge in [-0.3, -0.25) is 0 Å². The zero-order valence-electron chi connectivity index (χ0n) is 43.6. The number of nitrogens with zero attached hydrogens (tertiary/aromatic N) is 1. The molecule has 366 valence electrons. The van der Waals surface area contributed by atoms with Gasteiger partial charge in [-0.15, -0.1) is 0 Å². The molecule has 0 atom stereocenters. The van der Waals surface area contributed by atoms with E-state index in [0.717, 1.165) is 22.6 Å². The highest BCUT2D eigenvalue weighted by molar-refractivity contribution is 6.03. The molecule has 0 amide bonds. The lowest BCUT2D eigenvalue weighted by molar-refractivity contribution is 0.660. The lowest BCUT2D eigenvalue weighted by Gasteiger charge is -2.34. The fraction of sp³-hybridized carbons (Fsp3) is 0.0649. The molecule has 1 nitrogen and oxygen atoms in total. The third-order valence-electron chi connectivity index (χ3n) is 18.1. The summed E-state index contributed by atoms with van der Waals surface area (Å²) in [5.74, 6) is 0. The van der Waals surface area contributed by atoms with Gasteiger partial charge < -0.3 is 4.90 Å². The molecule has 0 fully saturated rings. The van der Waals surface area contributed by atoms with Crippen molar-refractivity contribution in [3.63, 3.8) is 0 Å². The van der Waals surface area contributed by atoms with E-state index in [1.807, 2.05) is 0 Å². The first kappa shape index (κ1) is 44.7. The van der Waals surface area contributed by atoms with Crippen LogP contribution in [0.4, 0.5) is 17.1 Å². The molecule has 12 aromatic rings. The van der Waals surface area contributed by atoms with Crippen molar-refractivity contribution >= 4 is 17.1 Å². The lowest BCUT2D eigenvalue weighted by atomic mass is 9.68. The van der Waals surface area contributed by atoms with Crippen LogP contribution in [-0.4, -0.2) is 0 Å². The van der Waals surface area contributed by atoms with E-state index in [4.69, 9.17) is 0 Å². The second-order valence-electron chi connectivity index (χ2n) is 22.2. The van der Waals surface area contributed by atoms with Gasteiger partial charge in [-0.25, -0.2) is 0 Å². The first-order chi connectivity index (χ1) is 38.5. The lowest BCUT2D eigenvalue weighted by Crippen LogP contribution is -2.28. The van der Waals surface area contributed by atoms with E-state index in [2.05, 4.69) is 304 Å². The van der Waals surface area contributed by atoms with E-state index < -0.39 is 10.8 Å². The van der Waals surface area contributed by atoms with Gasteiger partial charge in [0.05, 0.1) is 16.5 Å². The van der Waals surface area contributed by atoms with Crippen LogP contribution in [0.5, 0.6) is 0 Å². The predicted molar refractivity (Wildman–Crippen MR) is 323 cm³/mol. The van der Waals surface area contributed by atoms with Crippen molar-refractivity contribution in [2.75, 3.05) is 4.90 Å². The second-order valence-corrected chi connectivity index (χ2v) is 22.2. The normalized spacial score (nSPS) is 14.6. The Morgan fingerprint density at radius 3 is 1.28 bits per heavy atom. The van der Waals surface area contributed by atoms with Crippen LogP contribution in [-0.2, 0) is 16.2 Å². The molecule has 16 rings (SSSR count). The third-order valence-corrected chi connectivity index (χ3v) is 18.1. The first-order valence-electron chi connectivity index (χ1n) is 27.5. The molecule has 0 heterocycles. The smallest absolute Gasteiger partial charge is 0.0725 e. The molecule has 4 aliphatic carbocycles. The van der Waals surface area contributed by atoms with Crippen LogP contribution < -0.4 is 4.90 Å². The van der Waals surface area contributed by atoms with Crippen molar-refractivity contribution in [1.29, 1.82) is 0 Å². The molecule has 12 aromatic carbocycles. The zero-order chi connectivity index (χ0) is 51.7. The number of anilines is 3. The second kappa shape index (κ2) is 16.7. The molecule has 0 bridgehead atoms. The van der Waals surface area contributed by atoms with Gasteiger partial charge in [-0.05, 0) is 153 Å². The van der Waals surface area contributed by atoms with Crippen LogP contribution in [0.2, 0.25) is 0 Å². The van der Waals surface area contributed by atoms with Crippen molar-refractivity contribution in [2.24, 2.45) is 0 Å². The van der Waals surface area contributed by atoms with Gasteiger partial charge in [0.25, 0.3) is 0 Å². The molecule has 0 radical (unpaired) electrons. The fourth-order valence-electron chi connectivity index (χ4n) is 15.0. The molecular weight excluding hydrogens is 939 g/mol. The summed E-state index contributed by atoms with van der Waals surface area (Å²) in [5.41, 5.74) is 30.3. The Morgan fingerprint density at radius 2 is 0.667 bits per heavy atom. The zero-order valence-corrected chi connectivity index (χ0v) is 43.6. The maximum Gasteiger partial charge on any atom is 0.0725 e. The molecular formula is C77H53N. The number of fused-ring (bicyclic) bond motifs is 16. The topological polar surface area (TPSA) is 3.24 Å². The molecule has 0 saturated heterocycles. The SMILES string of the molecule is CC1(C)c2ccccc2-c2ccc(N(c3cc(-c4ccccc4)cc(-c4cccc5c4-c4ccccc4C54c5ccccc5-c5ccccc54)c3)c3cccc4c3-c3ccccc3C4(c3ccccc3)c3ccccc3)cc21. The number of benzene rings is 12. The van der Waals surface area contributed by atoms with Gasteiger partial charge in [-0.1, -0.05) is 263 Å². The average molecular weight is 992 g/mol. The Hall–Kier alpha value is -9.56. The molecule has 0 aromatic heterocycles. The minimum atomic E-state index is -0.569. The van der Waals surface area contributed by atoms with E-state index >= 15 is 0 Å². The van der Waals surface area contributed by atoms with Gasteiger partial charge in [0.2, 0.25) is 0 Å². The van der Waals surface area contributed by atoms with Crippen LogP contribution >= 0.6 is 0 Å². The van der Waals surface area contributed by atoms with Crippen LogP contribution in [0.3, 0.4) is 0 Å². The Labute approximate surface area is 457 Å². The van der Waals surface area contributed by atoms with Gasteiger partial charge in [0.1, 0.15) is 0 Å². The summed E-state index contributed by atoms with van der Waals surface area (Å²) in [6, 6.07) is 108. The monoisotopic (exact) mass is 991 g/mol. The number of hydrogen-bond donors (Lipinski definition) is 0. The van der Waals surface area contributed by atoms with Crippen molar-refractivity contribution in [1.82, 2.24) is 0 Å². The molecule has 78 heavy (non-hydrogen) atoms. The van der Waals surface area contributed by atoms with Crippen molar-refractivity contribution in [3.05, 3.63) is 341 Å². The molecule has 1 heteroatoms. The molecule has 1 spiro atoms. The van der Waals surface area contributed by atoms with E-state index in [9.17, 15) is 0 Å². The first-order valence-corrected chi connectivity index (χ1v) is 27.5. The van der Waals surface area contributed by atoms with Crippen molar-refractivity contribution in [3.8, 4) is 66.8 Å². The van der Waals surface area contributed by atoms with Crippen LogP contribution in [0, 0.1) is 0 Å². The molecule has 0 aliphatic heterocycles. The summed E-state index contributed by atoms with van der Waals surface area (Å²) in [6.45, 7) is 4.79. The Bertz CT molecular complexity index is 4330. The Morgan fingerprint density at radius 1 is 0.244 bits per heavy atom. The maximum absolute atomic E-state index is 2.60. The highest BCUT2D eigenvalue weighted by Crippen LogP contribution is 2.65. The molecule has 0 N–H and O–H groups in total. The van der Waals surface area contributed by atoms with E-state index in [1.54, 1.807) is 0 Å². The summed E-state index contributed by atoms with van der Waals surface area (Å²) in [5, 5.41) is 0. The molecule has 0 saturated carbocycles. The summed E-state index contributed by atoms with van der Waals surface area (Å²) >= 11 is 0. The minimum Gasteiger partial charge on any atom is -0.310 e. The highest BCUT2D eigenvalue weighted by Gasteiger charge is 2.52. The summed E-state index contributed by atoms with van der Waals surface area (Å²) in [6.07, 6.45) is 0. The van der Waals surface area contributed by atoms with Crippen LogP contribution in [0.1, 0.15) is 69.5 Å². The molecule has 4 aliphatic rings. The van der Waals surface area contributed by atoms with E-state index in [1.165, 1.54) is 117 Å². The number of rotatable bonds is 7. The van der Waals surface area contributed by atoms with Crippen molar-refractivity contribution in [2.45, 2.75) is 30.1 Å². The van der Waals surface area contributed by atoms with Gasteiger partial charge in [0.15, 0.2) is 0 Å². The Balaban J connectivity index is 0.999. The largest absolute Gasteiger partial charge is 0.310 e. The Kier molecular flexibility index (Phi) is 9.58. The van der Waals surface area contributed by atoms with Gasteiger partial charge >= 0.3 is 0 Å². The highest BCUT2D eigenvalue weighted by atomic mass is 15.1. The summed E-state index contributed by atoms with van der Waals surface area (Å²) in [4.78, 5) is 2.60. The third kappa shape index (κ3) is 5.96. The maximum atomic E-state index is 2.60.